The van der Waals surface area contributed by atoms with Crippen molar-refractivity contribution >= 4 is 0 Å². The molecule has 0 amide bonds. The van der Waals surface area contributed by atoms with Gasteiger partial charge in [-0.25, -0.2) is 0 Å². The molecule has 3 nitrogen and oxygen atoms in total. The second kappa shape index (κ2) is 4.58. The Kier molecular flexibility index (Phi) is 2.96. The van der Waals surface area contributed by atoms with Crippen LogP contribution in [0.3, 0.4) is 0 Å². The Morgan fingerprint density at radius 1 is 1.25 bits per heavy atom. The Hall–Kier alpha value is -0.830. The van der Waals surface area contributed by atoms with Gasteiger partial charge in [0.15, 0.2) is 0 Å². The Bertz CT molecular complexity index is 350. The van der Waals surface area contributed by atoms with E-state index in [0.29, 0.717) is 0 Å². The summed E-state index contributed by atoms with van der Waals surface area (Å²) in [6, 6.07) is 0. The molecule has 2 aliphatic rings. The van der Waals surface area contributed by atoms with Crippen LogP contribution in [0.15, 0.2) is 0 Å². The van der Waals surface area contributed by atoms with Crippen molar-refractivity contribution in [3.05, 3.63) is 17.0 Å². The quantitative estimate of drug-likeness (QED) is 0.814. The van der Waals surface area contributed by atoms with Crippen LogP contribution in [-0.2, 0) is 19.3 Å². The highest BCUT2D eigenvalue weighted by Crippen LogP contribution is 2.24. The Labute approximate surface area is 97.0 Å². The third-order valence-corrected chi connectivity index (χ3v) is 4.09. The van der Waals surface area contributed by atoms with Gasteiger partial charge in [-0.3, -0.25) is 5.10 Å². The molecule has 2 heterocycles. The van der Waals surface area contributed by atoms with Gasteiger partial charge in [0.2, 0.25) is 0 Å². The van der Waals surface area contributed by atoms with Crippen LogP contribution in [0.5, 0.6) is 0 Å². The number of nitrogens with one attached hydrogen (secondary N) is 2. The molecule has 0 saturated carbocycles. The molecule has 3 rings (SSSR count). The van der Waals surface area contributed by atoms with Crippen LogP contribution in [-0.4, -0.2) is 23.3 Å². The van der Waals surface area contributed by atoms with Gasteiger partial charge in [0, 0.05) is 5.69 Å². The standard InChI is InChI=1S/C13H21N3/c1-2-4-12-11(3-1)13(16-15-12)6-5-10-7-8-14-9-10/h10,14H,1-9H2,(H,15,16). The van der Waals surface area contributed by atoms with E-state index in [2.05, 4.69) is 15.5 Å². The number of rotatable bonds is 3. The molecular formula is C13H21N3. The topological polar surface area (TPSA) is 40.7 Å². The van der Waals surface area contributed by atoms with Gasteiger partial charge in [-0.1, -0.05) is 0 Å². The maximum atomic E-state index is 4.51. The molecule has 1 unspecified atom stereocenters. The third kappa shape index (κ3) is 2.01. The third-order valence-electron chi connectivity index (χ3n) is 4.09. The van der Waals surface area contributed by atoms with Crippen molar-refractivity contribution < 1.29 is 0 Å². The molecule has 1 fully saturated rings. The summed E-state index contributed by atoms with van der Waals surface area (Å²) >= 11 is 0. The molecule has 1 aliphatic heterocycles. The molecule has 3 heteroatoms. The van der Waals surface area contributed by atoms with Gasteiger partial charge in [-0.15, -0.1) is 0 Å². The predicted octanol–water partition coefficient (Wildman–Crippen LogP) is 1.83. The number of nitrogens with zero attached hydrogens (tertiary/aromatic N) is 1. The first kappa shape index (κ1) is 10.3. The fourth-order valence-electron chi connectivity index (χ4n) is 3.06. The van der Waals surface area contributed by atoms with Crippen molar-refractivity contribution in [2.75, 3.05) is 13.1 Å². The van der Waals surface area contributed by atoms with Gasteiger partial charge < -0.3 is 5.32 Å². The molecule has 1 aromatic heterocycles. The van der Waals surface area contributed by atoms with Crippen molar-refractivity contribution in [1.29, 1.82) is 0 Å². The predicted molar refractivity (Wildman–Crippen MR) is 64.5 cm³/mol. The number of aryl methyl sites for hydroxylation is 2. The number of fused-ring (bicyclic) bond motifs is 1. The van der Waals surface area contributed by atoms with Crippen LogP contribution >= 0.6 is 0 Å². The summed E-state index contributed by atoms with van der Waals surface area (Å²) in [5, 5.41) is 11.2. The van der Waals surface area contributed by atoms with E-state index >= 15 is 0 Å². The zero-order valence-corrected chi connectivity index (χ0v) is 9.89. The molecule has 0 spiro atoms. The van der Waals surface area contributed by atoms with Gasteiger partial charge in [0.25, 0.3) is 0 Å². The van der Waals surface area contributed by atoms with Crippen molar-refractivity contribution in [2.45, 2.75) is 44.9 Å². The molecule has 0 aromatic carbocycles. The number of aromatic nitrogens is 2. The van der Waals surface area contributed by atoms with Crippen molar-refractivity contribution in [2.24, 2.45) is 5.92 Å². The highest BCUT2D eigenvalue weighted by atomic mass is 15.1. The van der Waals surface area contributed by atoms with Gasteiger partial charge >= 0.3 is 0 Å². The summed E-state index contributed by atoms with van der Waals surface area (Å²) < 4.78 is 0. The van der Waals surface area contributed by atoms with E-state index in [0.717, 1.165) is 5.92 Å². The Balaban J connectivity index is 1.63. The Morgan fingerprint density at radius 3 is 3.06 bits per heavy atom. The molecule has 88 valence electrons. The first-order chi connectivity index (χ1) is 7.93. The molecule has 0 bridgehead atoms. The second-order valence-corrected chi connectivity index (χ2v) is 5.23. The SMILES string of the molecule is C1CCc2c(CCC3CCNC3)n[nH]c2C1. The van der Waals surface area contributed by atoms with E-state index in [1.165, 1.54) is 69.4 Å². The van der Waals surface area contributed by atoms with Crippen molar-refractivity contribution in [3.63, 3.8) is 0 Å². The normalized spacial score (nSPS) is 24.6. The fraction of sp³-hybridized carbons (Fsp3) is 0.769. The maximum Gasteiger partial charge on any atom is 0.0657 e. The summed E-state index contributed by atoms with van der Waals surface area (Å²) in [4.78, 5) is 0. The van der Waals surface area contributed by atoms with Crippen LogP contribution in [0.25, 0.3) is 0 Å². The van der Waals surface area contributed by atoms with E-state index in [9.17, 15) is 0 Å². The monoisotopic (exact) mass is 219 g/mol. The average Bonchev–Trinajstić information content (AvgIpc) is 2.96. The zero-order valence-electron chi connectivity index (χ0n) is 9.89. The summed E-state index contributed by atoms with van der Waals surface area (Å²) in [5.74, 6) is 0.885. The van der Waals surface area contributed by atoms with E-state index in [4.69, 9.17) is 0 Å². The molecule has 2 N–H and O–H groups in total. The van der Waals surface area contributed by atoms with Crippen molar-refractivity contribution in [3.8, 4) is 0 Å². The molecule has 16 heavy (non-hydrogen) atoms. The summed E-state index contributed by atoms with van der Waals surface area (Å²) in [5.41, 5.74) is 4.34. The molecule has 1 atom stereocenters. The van der Waals surface area contributed by atoms with Crippen LogP contribution in [0.4, 0.5) is 0 Å². The molecule has 0 radical (unpaired) electrons. The smallest absolute Gasteiger partial charge is 0.0657 e. The molecule has 1 saturated heterocycles. The average molecular weight is 219 g/mol. The minimum absolute atomic E-state index is 0.885. The fourth-order valence-corrected chi connectivity index (χ4v) is 3.06. The van der Waals surface area contributed by atoms with E-state index < -0.39 is 0 Å². The lowest BCUT2D eigenvalue weighted by Crippen LogP contribution is -2.10. The molecular weight excluding hydrogens is 198 g/mol. The lowest BCUT2D eigenvalue weighted by atomic mass is 9.93. The maximum absolute atomic E-state index is 4.51. The van der Waals surface area contributed by atoms with Crippen LogP contribution in [0.1, 0.15) is 42.6 Å². The number of hydrogen-bond acceptors (Lipinski definition) is 2. The van der Waals surface area contributed by atoms with Crippen LogP contribution in [0, 0.1) is 5.92 Å². The van der Waals surface area contributed by atoms with Crippen LogP contribution < -0.4 is 5.32 Å². The number of hydrogen-bond donors (Lipinski definition) is 2. The minimum atomic E-state index is 0.885. The number of aromatic amines is 1. The van der Waals surface area contributed by atoms with E-state index in [1.807, 2.05) is 0 Å². The summed E-state index contributed by atoms with van der Waals surface area (Å²) in [6.45, 7) is 2.43. The molecule has 1 aromatic rings. The largest absolute Gasteiger partial charge is 0.316 e. The summed E-state index contributed by atoms with van der Waals surface area (Å²) in [7, 11) is 0. The van der Waals surface area contributed by atoms with Gasteiger partial charge in [-0.05, 0) is 69.5 Å². The Morgan fingerprint density at radius 2 is 2.19 bits per heavy atom. The lowest BCUT2D eigenvalue weighted by molar-refractivity contribution is 0.527. The van der Waals surface area contributed by atoms with E-state index in [1.54, 1.807) is 5.56 Å². The van der Waals surface area contributed by atoms with Gasteiger partial charge in [0.05, 0.1) is 5.69 Å². The van der Waals surface area contributed by atoms with Crippen LogP contribution in [0.2, 0.25) is 0 Å². The number of H-pyrrole nitrogens is 1. The van der Waals surface area contributed by atoms with Gasteiger partial charge in [-0.2, -0.15) is 5.10 Å². The first-order valence-corrected chi connectivity index (χ1v) is 6.69. The highest BCUT2D eigenvalue weighted by molar-refractivity contribution is 5.27. The summed E-state index contributed by atoms with van der Waals surface area (Å²) in [6.07, 6.45) is 9.00. The van der Waals surface area contributed by atoms with E-state index in [-0.39, 0.29) is 0 Å². The highest BCUT2D eigenvalue weighted by Gasteiger charge is 2.19. The van der Waals surface area contributed by atoms with Crippen molar-refractivity contribution in [1.82, 2.24) is 15.5 Å². The second-order valence-electron chi connectivity index (χ2n) is 5.23. The molecule has 1 aliphatic carbocycles. The minimum Gasteiger partial charge on any atom is -0.316 e. The first-order valence-electron chi connectivity index (χ1n) is 6.69. The zero-order chi connectivity index (χ0) is 10.8. The lowest BCUT2D eigenvalue weighted by Gasteiger charge is -2.12. The van der Waals surface area contributed by atoms with Gasteiger partial charge in [0.1, 0.15) is 0 Å².